The van der Waals surface area contributed by atoms with Gasteiger partial charge in [0.25, 0.3) is 5.56 Å². The third-order valence-electron chi connectivity index (χ3n) is 4.13. The number of aryl methyl sites for hydroxylation is 2. The van der Waals surface area contributed by atoms with Crippen LogP contribution in [0.3, 0.4) is 0 Å². The standard InChI is InChI=1S/C18H21N3O5S2/c1-5-26-14-7-6-13(8-15(14)25-4)9-19-28(23,24)16-12(3)20-18-21(17(16)22)11(2)10-27-18/h6-8,10,19H,5,9H2,1-4H3. The number of benzene rings is 1. The number of methoxy groups -OCH3 is 1. The molecule has 0 radical (unpaired) electrons. The lowest BCUT2D eigenvalue weighted by Crippen LogP contribution is -2.32. The van der Waals surface area contributed by atoms with Crippen LogP contribution >= 0.6 is 11.3 Å². The third-order valence-corrected chi connectivity index (χ3v) is 6.61. The summed E-state index contributed by atoms with van der Waals surface area (Å²) in [5.41, 5.74) is 0.884. The van der Waals surface area contributed by atoms with Crippen LogP contribution in [0.15, 0.2) is 33.3 Å². The van der Waals surface area contributed by atoms with E-state index in [0.717, 1.165) is 0 Å². The fourth-order valence-corrected chi connectivity index (χ4v) is 4.98. The second-order valence-electron chi connectivity index (χ2n) is 6.07. The summed E-state index contributed by atoms with van der Waals surface area (Å²) in [5, 5.41) is 1.76. The van der Waals surface area contributed by atoms with Crippen molar-refractivity contribution in [2.45, 2.75) is 32.2 Å². The van der Waals surface area contributed by atoms with Crippen LogP contribution in [0.25, 0.3) is 4.96 Å². The molecule has 2 heterocycles. The summed E-state index contributed by atoms with van der Waals surface area (Å²) in [6, 6.07) is 5.15. The topological polar surface area (TPSA) is 99.0 Å². The zero-order valence-corrected chi connectivity index (χ0v) is 17.6. The normalized spacial score (nSPS) is 11.7. The summed E-state index contributed by atoms with van der Waals surface area (Å²) in [6.07, 6.45) is 0. The summed E-state index contributed by atoms with van der Waals surface area (Å²) in [6.45, 7) is 5.60. The Bertz CT molecular complexity index is 1180. The van der Waals surface area contributed by atoms with Crippen LogP contribution in [0, 0.1) is 13.8 Å². The van der Waals surface area contributed by atoms with Crippen LogP contribution in [-0.2, 0) is 16.6 Å². The van der Waals surface area contributed by atoms with E-state index in [0.29, 0.717) is 34.3 Å². The molecule has 0 aliphatic carbocycles. The predicted octanol–water partition coefficient (Wildman–Crippen LogP) is 2.26. The first-order chi connectivity index (χ1) is 13.3. The number of ether oxygens (including phenoxy) is 2. The maximum absolute atomic E-state index is 12.8. The lowest BCUT2D eigenvalue weighted by atomic mass is 10.2. The smallest absolute Gasteiger partial charge is 0.279 e. The Kier molecular flexibility index (Phi) is 5.73. The monoisotopic (exact) mass is 423 g/mol. The van der Waals surface area contributed by atoms with Crippen molar-refractivity contribution in [3.63, 3.8) is 0 Å². The van der Waals surface area contributed by atoms with Gasteiger partial charge in [0, 0.05) is 17.6 Å². The molecule has 1 aromatic carbocycles. The van der Waals surface area contributed by atoms with Gasteiger partial charge in [-0.15, -0.1) is 11.3 Å². The van der Waals surface area contributed by atoms with E-state index in [9.17, 15) is 13.2 Å². The van der Waals surface area contributed by atoms with Crippen molar-refractivity contribution in [2.24, 2.45) is 0 Å². The molecule has 0 saturated carbocycles. The van der Waals surface area contributed by atoms with Gasteiger partial charge in [0.2, 0.25) is 10.0 Å². The Balaban J connectivity index is 1.92. The molecule has 0 atom stereocenters. The van der Waals surface area contributed by atoms with Crippen molar-refractivity contribution < 1.29 is 17.9 Å². The van der Waals surface area contributed by atoms with Crippen LogP contribution in [0.2, 0.25) is 0 Å². The number of rotatable bonds is 7. The first-order valence-corrected chi connectivity index (χ1v) is 10.9. The Morgan fingerprint density at radius 1 is 1.25 bits per heavy atom. The first-order valence-electron chi connectivity index (χ1n) is 8.55. The minimum absolute atomic E-state index is 0.00466. The molecule has 0 amide bonds. The van der Waals surface area contributed by atoms with Crippen LogP contribution in [0.4, 0.5) is 0 Å². The lowest BCUT2D eigenvalue weighted by molar-refractivity contribution is 0.310. The Morgan fingerprint density at radius 2 is 2.00 bits per heavy atom. The highest BCUT2D eigenvalue weighted by Crippen LogP contribution is 2.28. The number of hydrogen-bond donors (Lipinski definition) is 1. The molecule has 28 heavy (non-hydrogen) atoms. The molecule has 3 rings (SSSR count). The van der Waals surface area contributed by atoms with Crippen LogP contribution in [0.1, 0.15) is 23.9 Å². The Labute approximate surface area is 166 Å². The molecule has 8 nitrogen and oxygen atoms in total. The number of hydrogen-bond acceptors (Lipinski definition) is 7. The van der Waals surface area contributed by atoms with Gasteiger partial charge in [-0.05, 0) is 38.5 Å². The summed E-state index contributed by atoms with van der Waals surface area (Å²) in [7, 11) is -2.55. The minimum atomic E-state index is -4.06. The largest absolute Gasteiger partial charge is 0.493 e. The summed E-state index contributed by atoms with van der Waals surface area (Å²) in [4.78, 5) is 17.2. The second kappa shape index (κ2) is 7.90. The fraction of sp³-hybridized carbons (Fsp3) is 0.333. The molecule has 0 fully saturated rings. The number of aromatic nitrogens is 2. The highest BCUT2D eigenvalue weighted by atomic mass is 32.2. The van der Waals surface area contributed by atoms with E-state index < -0.39 is 15.6 Å². The molecule has 1 N–H and O–H groups in total. The molecule has 0 aliphatic heterocycles. The first kappa shape index (κ1) is 20.3. The van der Waals surface area contributed by atoms with Gasteiger partial charge in [-0.3, -0.25) is 9.20 Å². The fourth-order valence-electron chi connectivity index (χ4n) is 2.82. The minimum Gasteiger partial charge on any atom is -0.493 e. The van der Waals surface area contributed by atoms with E-state index in [4.69, 9.17) is 9.47 Å². The van der Waals surface area contributed by atoms with E-state index in [1.54, 1.807) is 30.5 Å². The van der Waals surface area contributed by atoms with E-state index in [1.165, 1.54) is 29.8 Å². The molecule has 150 valence electrons. The van der Waals surface area contributed by atoms with Gasteiger partial charge >= 0.3 is 0 Å². The van der Waals surface area contributed by atoms with Gasteiger partial charge < -0.3 is 9.47 Å². The van der Waals surface area contributed by atoms with Crippen LogP contribution in [0.5, 0.6) is 11.5 Å². The van der Waals surface area contributed by atoms with Crippen molar-refractivity contribution in [1.29, 1.82) is 0 Å². The molecule has 0 spiro atoms. The number of sulfonamides is 1. The van der Waals surface area contributed by atoms with E-state index in [-0.39, 0.29) is 17.1 Å². The number of thiazole rings is 1. The molecular formula is C18H21N3O5S2. The number of nitrogens with one attached hydrogen (secondary N) is 1. The van der Waals surface area contributed by atoms with Crippen LogP contribution < -0.4 is 19.8 Å². The highest BCUT2D eigenvalue weighted by molar-refractivity contribution is 7.89. The van der Waals surface area contributed by atoms with Gasteiger partial charge in [-0.2, -0.15) is 0 Å². The molecule has 0 bridgehead atoms. The molecule has 2 aromatic heterocycles. The lowest BCUT2D eigenvalue weighted by Gasteiger charge is -2.12. The van der Waals surface area contributed by atoms with E-state index >= 15 is 0 Å². The molecular weight excluding hydrogens is 402 g/mol. The molecule has 3 aromatic rings. The summed E-state index contributed by atoms with van der Waals surface area (Å²) in [5.74, 6) is 1.08. The van der Waals surface area contributed by atoms with E-state index in [2.05, 4.69) is 9.71 Å². The van der Waals surface area contributed by atoms with Crippen molar-refractivity contribution in [3.05, 3.63) is 50.9 Å². The zero-order valence-electron chi connectivity index (χ0n) is 16.0. The second-order valence-corrected chi connectivity index (χ2v) is 8.61. The van der Waals surface area contributed by atoms with Crippen molar-refractivity contribution in [2.75, 3.05) is 13.7 Å². The number of fused-ring (bicyclic) bond motifs is 1. The molecule has 0 aliphatic rings. The van der Waals surface area contributed by atoms with Gasteiger partial charge in [-0.1, -0.05) is 6.07 Å². The van der Waals surface area contributed by atoms with Crippen LogP contribution in [-0.4, -0.2) is 31.5 Å². The van der Waals surface area contributed by atoms with Gasteiger partial charge in [0.15, 0.2) is 21.4 Å². The van der Waals surface area contributed by atoms with Gasteiger partial charge in [-0.25, -0.2) is 18.1 Å². The van der Waals surface area contributed by atoms with Crippen molar-refractivity contribution in [3.8, 4) is 11.5 Å². The number of nitrogens with zero attached hydrogens (tertiary/aromatic N) is 2. The molecule has 10 heteroatoms. The summed E-state index contributed by atoms with van der Waals surface area (Å²) < 4.78 is 40.2. The predicted molar refractivity (Wildman–Crippen MR) is 107 cm³/mol. The van der Waals surface area contributed by atoms with Crippen molar-refractivity contribution in [1.82, 2.24) is 14.1 Å². The quantitative estimate of drug-likeness (QED) is 0.626. The third kappa shape index (κ3) is 3.75. The average Bonchev–Trinajstić information content (AvgIpc) is 3.01. The highest BCUT2D eigenvalue weighted by Gasteiger charge is 2.24. The summed E-state index contributed by atoms with van der Waals surface area (Å²) >= 11 is 1.29. The van der Waals surface area contributed by atoms with Gasteiger partial charge in [0.05, 0.1) is 19.4 Å². The Hall–Kier alpha value is -2.43. The zero-order chi connectivity index (χ0) is 20.5. The molecule has 0 unspecified atom stereocenters. The SMILES string of the molecule is CCOc1ccc(CNS(=O)(=O)c2c(C)nc3scc(C)n3c2=O)cc1OC. The maximum atomic E-state index is 12.8. The van der Waals surface area contributed by atoms with Crippen molar-refractivity contribution >= 4 is 26.3 Å². The maximum Gasteiger partial charge on any atom is 0.279 e. The van der Waals surface area contributed by atoms with E-state index in [1.807, 2.05) is 6.92 Å². The average molecular weight is 424 g/mol. The Morgan fingerprint density at radius 3 is 2.68 bits per heavy atom. The molecule has 0 saturated heterocycles. The van der Waals surface area contributed by atoms with Gasteiger partial charge in [0.1, 0.15) is 0 Å².